The van der Waals surface area contributed by atoms with Gasteiger partial charge in [0.2, 0.25) is 0 Å². The maximum absolute atomic E-state index is 4.58. The quantitative estimate of drug-likeness (QED) is 0.737. The molecule has 0 saturated carbocycles. The number of nitrogens with zero attached hydrogens (tertiary/aromatic N) is 1. The number of hydrogen-bond donors (Lipinski definition) is 0. The molecule has 0 aliphatic carbocycles. The van der Waals surface area contributed by atoms with Gasteiger partial charge in [-0.1, -0.05) is 58.4 Å². The fraction of sp³-hybridized carbons (Fsp3) is 0.188. The van der Waals surface area contributed by atoms with Crippen molar-refractivity contribution < 1.29 is 0 Å². The minimum absolute atomic E-state index is 0.302. The molecule has 2 aromatic carbocycles. The third kappa shape index (κ3) is 4.11. The fourth-order valence-corrected chi connectivity index (χ4v) is 2.03. The van der Waals surface area contributed by atoms with Gasteiger partial charge in [0.25, 0.3) is 0 Å². The Bertz CT molecular complexity index is 502. The number of halogens is 1. The van der Waals surface area contributed by atoms with Crippen LogP contribution in [0.5, 0.6) is 0 Å². The van der Waals surface area contributed by atoms with Crippen LogP contribution in [-0.4, -0.2) is 12.3 Å². The molecule has 0 aliphatic heterocycles. The Morgan fingerprint density at radius 2 is 1.72 bits per heavy atom. The van der Waals surface area contributed by atoms with Crippen LogP contribution in [0.3, 0.4) is 0 Å². The Balaban J connectivity index is 1.95. The maximum Gasteiger partial charge on any atom is 0.0511 e. The van der Waals surface area contributed by atoms with Gasteiger partial charge in [-0.25, -0.2) is 0 Å². The highest BCUT2D eigenvalue weighted by molar-refractivity contribution is 9.10. The molecule has 0 aliphatic rings. The van der Waals surface area contributed by atoms with Gasteiger partial charge in [-0.15, -0.1) is 0 Å². The van der Waals surface area contributed by atoms with Crippen LogP contribution in [0.15, 0.2) is 64.1 Å². The number of rotatable bonds is 4. The van der Waals surface area contributed by atoms with E-state index in [9.17, 15) is 0 Å². The fourth-order valence-electron chi connectivity index (χ4n) is 1.77. The zero-order chi connectivity index (χ0) is 12.8. The first-order chi connectivity index (χ1) is 8.74. The summed E-state index contributed by atoms with van der Waals surface area (Å²) in [5.41, 5.74) is 2.47. The smallest absolute Gasteiger partial charge is 0.0511 e. The first kappa shape index (κ1) is 13.0. The molecule has 0 spiro atoms. The van der Waals surface area contributed by atoms with E-state index in [1.165, 1.54) is 5.56 Å². The van der Waals surface area contributed by atoms with E-state index in [4.69, 9.17) is 0 Å². The first-order valence-electron chi connectivity index (χ1n) is 6.07. The summed E-state index contributed by atoms with van der Waals surface area (Å²) >= 11 is 3.43. The highest BCUT2D eigenvalue weighted by atomic mass is 79.9. The molecule has 1 nitrogen and oxygen atoms in total. The topological polar surface area (TPSA) is 12.4 Å². The van der Waals surface area contributed by atoms with Gasteiger partial charge in [-0.05, 0) is 36.6 Å². The lowest BCUT2D eigenvalue weighted by molar-refractivity contribution is 0.744. The second kappa shape index (κ2) is 6.50. The summed E-state index contributed by atoms with van der Waals surface area (Å²) in [7, 11) is 0. The van der Waals surface area contributed by atoms with Crippen LogP contribution in [0.25, 0.3) is 0 Å². The normalized spacial score (nSPS) is 12.8. The van der Waals surface area contributed by atoms with Crippen molar-refractivity contribution in [3.8, 4) is 0 Å². The maximum atomic E-state index is 4.58. The van der Waals surface area contributed by atoms with Crippen molar-refractivity contribution in [2.45, 2.75) is 19.4 Å². The molecule has 2 aromatic rings. The summed E-state index contributed by atoms with van der Waals surface area (Å²) in [4.78, 5) is 4.58. The molecule has 0 amide bonds. The van der Waals surface area contributed by atoms with Crippen molar-refractivity contribution in [3.63, 3.8) is 0 Å². The van der Waals surface area contributed by atoms with Gasteiger partial charge in [-0.3, -0.25) is 4.99 Å². The molecule has 2 rings (SSSR count). The third-order valence-electron chi connectivity index (χ3n) is 2.72. The van der Waals surface area contributed by atoms with E-state index in [2.05, 4.69) is 64.2 Å². The van der Waals surface area contributed by atoms with Gasteiger partial charge in [0.05, 0.1) is 6.04 Å². The molecule has 0 saturated heterocycles. The molecule has 0 heterocycles. The standard InChI is InChI=1S/C16H16BrN/c1-13(11-14-5-3-2-4-6-14)18-12-15-7-9-16(17)10-8-15/h2-10,12-13H,11H2,1H3/b18-12+/t13-/m0/s1. The lowest BCUT2D eigenvalue weighted by Gasteiger charge is -2.05. The molecule has 0 N–H and O–H groups in total. The third-order valence-corrected chi connectivity index (χ3v) is 3.25. The van der Waals surface area contributed by atoms with E-state index in [-0.39, 0.29) is 0 Å². The van der Waals surface area contributed by atoms with Crippen molar-refractivity contribution in [3.05, 3.63) is 70.2 Å². The largest absolute Gasteiger partial charge is 0.289 e. The Morgan fingerprint density at radius 3 is 2.39 bits per heavy atom. The van der Waals surface area contributed by atoms with Crippen molar-refractivity contribution in [2.75, 3.05) is 0 Å². The van der Waals surface area contributed by atoms with Crippen molar-refractivity contribution in [2.24, 2.45) is 4.99 Å². The molecule has 0 bridgehead atoms. The second-order valence-electron chi connectivity index (χ2n) is 4.37. The van der Waals surface area contributed by atoms with Gasteiger partial charge in [-0.2, -0.15) is 0 Å². The summed E-state index contributed by atoms with van der Waals surface area (Å²) in [6.07, 6.45) is 2.92. The molecule has 0 aromatic heterocycles. The van der Waals surface area contributed by atoms with Crippen LogP contribution in [0, 0.1) is 0 Å². The first-order valence-corrected chi connectivity index (χ1v) is 6.86. The predicted molar refractivity (Wildman–Crippen MR) is 81.3 cm³/mol. The molecule has 2 heteroatoms. The van der Waals surface area contributed by atoms with E-state index < -0.39 is 0 Å². The molecule has 1 atom stereocenters. The molecule has 0 unspecified atom stereocenters. The summed E-state index contributed by atoms with van der Waals surface area (Å²) in [6, 6.07) is 19.0. The molecule has 0 radical (unpaired) electrons. The van der Waals surface area contributed by atoms with Crippen LogP contribution in [-0.2, 0) is 6.42 Å². The molecule has 18 heavy (non-hydrogen) atoms. The highest BCUT2D eigenvalue weighted by Gasteiger charge is 1.99. The van der Waals surface area contributed by atoms with Gasteiger partial charge >= 0.3 is 0 Å². The van der Waals surface area contributed by atoms with Crippen LogP contribution in [0.1, 0.15) is 18.1 Å². The lowest BCUT2D eigenvalue weighted by Crippen LogP contribution is -2.03. The van der Waals surface area contributed by atoms with Gasteiger partial charge in [0, 0.05) is 10.7 Å². The van der Waals surface area contributed by atoms with E-state index in [0.717, 1.165) is 16.5 Å². The molecule has 92 valence electrons. The molecular formula is C16H16BrN. The van der Waals surface area contributed by atoms with Gasteiger partial charge in [0.1, 0.15) is 0 Å². The summed E-state index contributed by atoms with van der Waals surface area (Å²) in [5, 5.41) is 0. The predicted octanol–water partition coefficient (Wildman–Crippen LogP) is 4.50. The number of hydrogen-bond acceptors (Lipinski definition) is 1. The van der Waals surface area contributed by atoms with Gasteiger partial charge < -0.3 is 0 Å². The van der Waals surface area contributed by atoms with Crippen LogP contribution < -0.4 is 0 Å². The summed E-state index contributed by atoms with van der Waals surface area (Å²) in [6.45, 7) is 2.14. The SMILES string of the molecule is C[C@@H](Cc1ccccc1)/N=C/c1ccc(Br)cc1. The minimum atomic E-state index is 0.302. The summed E-state index contributed by atoms with van der Waals surface area (Å²) in [5.74, 6) is 0. The van der Waals surface area contributed by atoms with Crippen LogP contribution in [0.2, 0.25) is 0 Å². The molecule has 0 fully saturated rings. The van der Waals surface area contributed by atoms with Gasteiger partial charge in [0.15, 0.2) is 0 Å². The number of aliphatic imine (C=N–C) groups is 1. The second-order valence-corrected chi connectivity index (χ2v) is 5.28. The van der Waals surface area contributed by atoms with E-state index in [1.807, 2.05) is 24.4 Å². The Morgan fingerprint density at radius 1 is 1.06 bits per heavy atom. The van der Waals surface area contributed by atoms with E-state index >= 15 is 0 Å². The zero-order valence-electron chi connectivity index (χ0n) is 10.4. The van der Waals surface area contributed by atoms with Crippen molar-refractivity contribution in [1.29, 1.82) is 0 Å². The molecular weight excluding hydrogens is 286 g/mol. The zero-order valence-corrected chi connectivity index (χ0v) is 12.0. The Hall–Kier alpha value is -1.41. The average Bonchev–Trinajstić information content (AvgIpc) is 2.39. The van der Waals surface area contributed by atoms with E-state index in [1.54, 1.807) is 0 Å². The highest BCUT2D eigenvalue weighted by Crippen LogP contribution is 2.10. The van der Waals surface area contributed by atoms with E-state index in [0.29, 0.717) is 6.04 Å². The van der Waals surface area contributed by atoms with Crippen LogP contribution in [0.4, 0.5) is 0 Å². The van der Waals surface area contributed by atoms with Crippen LogP contribution >= 0.6 is 15.9 Å². The monoisotopic (exact) mass is 301 g/mol. The number of benzene rings is 2. The summed E-state index contributed by atoms with van der Waals surface area (Å²) < 4.78 is 1.09. The minimum Gasteiger partial charge on any atom is -0.289 e. The van der Waals surface area contributed by atoms with Crippen molar-refractivity contribution in [1.82, 2.24) is 0 Å². The van der Waals surface area contributed by atoms with Crippen molar-refractivity contribution >= 4 is 22.1 Å². The lowest BCUT2D eigenvalue weighted by atomic mass is 10.1. The Labute approximate surface area is 117 Å². The average molecular weight is 302 g/mol. The Kier molecular flexibility index (Phi) is 4.71.